The van der Waals surface area contributed by atoms with Crippen molar-refractivity contribution < 1.29 is 4.42 Å². The van der Waals surface area contributed by atoms with Gasteiger partial charge in [0.2, 0.25) is 0 Å². The molecule has 0 atom stereocenters. The highest BCUT2D eigenvalue weighted by molar-refractivity contribution is 5.34. The van der Waals surface area contributed by atoms with Gasteiger partial charge in [0.15, 0.2) is 0 Å². The topological polar surface area (TPSA) is 13.1 Å². The highest BCUT2D eigenvalue weighted by Crippen LogP contribution is 2.34. The molecular weight excluding hydrogens is 172 g/mol. The molecule has 14 heavy (non-hydrogen) atoms. The van der Waals surface area contributed by atoms with Gasteiger partial charge in [-0.25, -0.2) is 0 Å². The zero-order valence-corrected chi connectivity index (χ0v) is 10.2. The van der Waals surface area contributed by atoms with E-state index in [4.69, 9.17) is 4.42 Å². The minimum Gasteiger partial charge on any atom is -0.468 e. The van der Waals surface area contributed by atoms with E-state index >= 15 is 0 Å². The summed E-state index contributed by atoms with van der Waals surface area (Å²) >= 11 is 0. The molecule has 1 aromatic rings. The quantitative estimate of drug-likeness (QED) is 0.682. The summed E-state index contributed by atoms with van der Waals surface area (Å²) in [6.45, 7) is 13.3. The van der Waals surface area contributed by atoms with E-state index in [0.29, 0.717) is 17.8 Å². The molecule has 0 aliphatic rings. The summed E-state index contributed by atoms with van der Waals surface area (Å²) in [6.07, 6.45) is 1.94. The summed E-state index contributed by atoms with van der Waals surface area (Å²) in [6, 6.07) is 0. The third kappa shape index (κ3) is 2.02. The molecule has 1 nitrogen and oxygen atoms in total. The smallest absolute Gasteiger partial charge is 0.110 e. The summed E-state index contributed by atoms with van der Waals surface area (Å²) in [4.78, 5) is 0. The van der Waals surface area contributed by atoms with Crippen LogP contribution < -0.4 is 0 Å². The van der Waals surface area contributed by atoms with Crippen molar-refractivity contribution in [2.45, 2.75) is 59.3 Å². The molecular formula is C13H22O. The van der Waals surface area contributed by atoms with Crippen LogP contribution in [-0.2, 0) is 0 Å². The van der Waals surface area contributed by atoms with Gasteiger partial charge in [-0.2, -0.15) is 0 Å². The molecule has 0 aromatic carbocycles. The standard InChI is InChI=1S/C13H22O/c1-8(2)11-7-14-13(10(5)6)12(11)9(3)4/h7-10H,1-6H3. The minimum absolute atomic E-state index is 0.486. The van der Waals surface area contributed by atoms with Crippen LogP contribution in [0.3, 0.4) is 0 Å². The third-order valence-electron chi connectivity index (χ3n) is 2.61. The highest BCUT2D eigenvalue weighted by Gasteiger charge is 2.20. The lowest BCUT2D eigenvalue weighted by Gasteiger charge is -2.13. The van der Waals surface area contributed by atoms with Crippen molar-refractivity contribution in [3.05, 3.63) is 23.2 Å². The summed E-state index contributed by atoms with van der Waals surface area (Å²) in [5.74, 6) is 2.77. The summed E-state index contributed by atoms with van der Waals surface area (Å²) in [5.41, 5.74) is 2.80. The van der Waals surface area contributed by atoms with Crippen LogP contribution in [0.15, 0.2) is 10.7 Å². The molecule has 0 aliphatic carbocycles. The maximum absolute atomic E-state index is 5.68. The molecule has 0 spiro atoms. The van der Waals surface area contributed by atoms with E-state index in [-0.39, 0.29) is 0 Å². The first-order valence-electron chi connectivity index (χ1n) is 5.56. The van der Waals surface area contributed by atoms with Crippen LogP contribution in [0.1, 0.15) is 76.2 Å². The lowest BCUT2D eigenvalue weighted by Crippen LogP contribution is -1.99. The zero-order valence-electron chi connectivity index (χ0n) is 10.2. The molecule has 1 rings (SSSR count). The largest absolute Gasteiger partial charge is 0.468 e. The number of hydrogen-bond acceptors (Lipinski definition) is 1. The molecule has 0 bridgehead atoms. The number of furan rings is 1. The van der Waals surface area contributed by atoms with Gasteiger partial charge in [-0.15, -0.1) is 0 Å². The fraction of sp³-hybridized carbons (Fsp3) is 0.692. The fourth-order valence-corrected chi connectivity index (χ4v) is 1.91. The Balaban J connectivity index is 3.20. The van der Waals surface area contributed by atoms with Crippen LogP contribution in [0.5, 0.6) is 0 Å². The van der Waals surface area contributed by atoms with Crippen LogP contribution in [0.4, 0.5) is 0 Å². The predicted molar refractivity (Wildman–Crippen MR) is 61.0 cm³/mol. The maximum atomic E-state index is 5.68. The second-order valence-corrected chi connectivity index (χ2v) is 4.93. The van der Waals surface area contributed by atoms with E-state index in [0.717, 1.165) is 0 Å². The molecule has 80 valence electrons. The van der Waals surface area contributed by atoms with Gasteiger partial charge in [0.1, 0.15) is 5.76 Å². The van der Waals surface area contributed by atoms with Crippen molar-refractivity contribution in [1.82, 2.24) is 0 Å². The van der Waals surface area contributed by atoms with Crippen LogP contribution in [-0.4, -0.2) is 0 Å². The first kappa shape index (κ1) is 11.4. The van der Waals surface area contributed by atoms with Gasteiger partial charge < -0.3 is 4.42 Å². The monoisotopic (exact) mass is 194 g/mol. The second-order valence-electron chi connectivity index (χ2n) is 4.93. The molecule has 0 saturated heterocycles. The van der Waals surface area contributed by atoms with Crippen LogP contribution in [0.25, 0.3) is 0 Å². The summed E-state index contributed by atoms with van der Waals surface area (Å²) in [5, 5.41) is 0. The average molecular weight is 194 g/mol. The molecule has 1 heteroatoms. The molecule has 0 aliphatic heterocycles. The molecule has 0 saturated carbocycles. The highest BCUT2D eigenvalue weighted by atomic mass is 16.3. The van der Waals surface area contributed by atoms with E-state index < -0.39 is 0 Å². The van der Waals surface area contributed by atoms with Gasteiger partial charge in [0.25, 0.3) is 0 Å². The van der Waals surface area contributed by atoms with E-state index in [1.54, 1.807) is 0 Å². The fourth-order valence-electron chi connectivity index (χ4n) is 1.91. The molecule has 1 aromatic heterocycles. The number of rotatable bonds is 3. The Morgan fingerprint density at radius 1 is 0.857 bits per heavy atom. The normalized spacial score (nSPS) is 12.1. The summed E-state index contributed by atoms with van der Waals surface area (Å²) < 4.78 is 5.68. The zero-order chi connectivity index (χ0) is 10.9. The van der Waals surface area contributed by atoms with E-state index in [1.165, 1.54) is 16.9 Å². The minimum atomic E-state index is 0.486. The van der Waals surface area contributed by atoms with Gasteiger partial charge >= 0.3 is 0 Å². The third-order valence-corrected chi connectivity index (χ3v) is 2.61. The Kier molecular flexibility index (Phi) is 3.41. The molecule has 0 N–H and O–H groups in total. The lowest BCUT2D eigenvalue weighted by atomic mass is 9.90. The summed E-state index contributed by atoms with van der Waals surface area (Å²) in [7, 11) is 0. The van der Waals surface area contributed by atoms with Gasteiger partial charge in [0.05, 0.1) is 6.26 Å². The Morgan fingerprint density at radius 3 is 1.79 bits per heavy atom. The molecule has 1 heterocycles. The Hall–Kier alpha value is -0.720. The van der Waals surface area contributed by atoms with Crippen molar-refractivity contribution >= 4 is 0 Å². The SMILES string of the molecule is CC(C)c1coc(C(C)C)c1C(C)C. The molecule has 0 radical (unpaired) electrons. The van der Waals surface area contributed by atoms with E-state index in [9.17, 15) is 0 Å². The number of hydrogen-bond donors (Lipinski definition) is 0. The van der Waals surface area contributed by atoms with Crippen molar-refractivity contribution in [2.75, 3.05) is 0 Å². The molecule has 0 amide bonds. The van der Waals surface area contributed by atoms with Crippen LogP contribution in [0.2, 0.25) is 0 Å². The van der Waals surface area contributed by atoms with Gasteiger partial charge in [-0.1, -0.05) is 41.5 Å². The van der Waals surface area contributed by atoms with Crippen LogP contribution >= 0.6 is 0 Å². The lowest BCUT2D eigenvalue weighted by molar-refractivity contribution is 0.478. The average Bonchev–Trinajstić information content (AvgIpc) is 2.46. The van der Waals surface area contributed by atoms with E-state index in [2.05, 4.69) is 41.5 Å². The van der Waals surface area contributed by atoms with Crippen molar-refractivity contribution in [3.63, 3.8) is 0 Å². The first-order valence-corrected chi connectivity index (χ1v) is 5.56. The van der Waals surface area contributed by atoms with Gasteiger partial charge in [0, 0.05) is 5.92 Å². The second kappa shape index (κ2) is 4.20. The molecule has 0 fully saturated rings. The predicted octanol–water partition coefficient (Wildman–Crippen LogP) is 4.65. The Labute approximate surface area is 87.5 Å². The Morgan fingerprint density at radius 2 is 1.43 bits per heavy atom. The van der Waals surface area contributed by atoms with Crippen molar-refractivity contribution in [1.29, 1.82) is 0 Å². The van der Waals surface area contributed by atoms with Crippen LogP contribution in [0, 0.1) is 0 Å². The van der Waals surface area contributed by atoms with Gasteiger partial charge in [-0.3, -0.25) is 0 Å². The maximum Gasteiger partial charge on any atom is 0.110 e. The van der Waals surface area contributed by atoms with Crippen molar-refractivity contribution in [2.24, 2.45) is 0 Å². The molecule has 0 unspecified atom stereocenters. The van der Waals surface area contributed by atoms with E-state index in [1.807, 2.05) is 6.26 Å². The van der Waals surface area contributed by atoms with Crippen molar-refractivity contribution in [3.8, 4) is 0 Å². The van der Waals surface area contributed by atoms with Gasteiger partial charge in [-0.05, 0) is 23.0 Å². The first-order chi connectivity index (χ1) is 6.45. The Bertz CT molecular complexity index is 267.